The summed E-state index contributed by atoms with van der Waals surface area (Å²) in [7, 11) is 6.56. The Labute approximate surface area is 93.9 Å². The van der Waals surface area contributed by atoms with Crippen molar-refractivity contribution >= 4 is 0 Å². The monoisotopic (exact) mass is 208 g/mol. The van der Waals surface area contributed by atoms with Crippen LogP contribution in [0.25, 0.3) is 0 Å². The molecular formula is C13H24N2. The normalized spacial score (nSPS) is 33.5. The third-order valence-corrected chi connectivity index (χ3v) is 3.89. The van der Waals surface area contributed by atoms with Crippen molar-refractivity contribution in [1.29, 1.82) is 0 Å². The summed E-state index contributed by atoms with van der Waals surface area (Å²) in [6.45, 7) is 3.66. The fourth-order valence-corrected chi connectivity index (χ4v) is 2.97. The Bertz CT molecular complexity index is 235. The smallest absolute Gasteiger partial charge is 0.0106 e. The summed E-state index contributed by atoms with van der Waals surface area (Å²) in [6, 6.07) is 0. The molecule has 0 N–H and O–H groups in total. The summed E-state index contributed by atoms with van der Waals surface area (Å²) in [5, 5.41) is 0. The van der Waals surface area contributed by atoms with Crippen LogP contribution in [0.15, 0.2) is 12.2 Å². The molecule has 0 spiro atoms. The summed E-state index contributed by atoms with van der Waals surface area (Å²) in [5.41, 5.74) is 0. The summed E-state index contributed by atoms with van der Waals surface area (Å²) < 4.78 is 0. The molecule has 2 nitrogen and oxygen atoms in total. The SMILES string of the molecule is CN(C)CCN(C)CC1CC2C=CC1C2. The maximum Gasteiger partial charge on any atom is 0.0106 e. The van der Waals surface area contributed by atoms with Crippen molar-refractivity contribution in [3.8, 4) is 0 Å². The van der Waals surface area contributed by atoms with E-state index in [9.17, 15) is 0 Å². The zero-order valence-corrected chi connectivity index (χ0v) is 10.3. The highest BCUT2D eigenvalue weighted by Gasteiger charge is 2.35. The first kappa shape index (κ1) is 11.2. The van der Waals surface area contributed by atoms with Gasteiger partial charge >= 0.3 is 0 Å². The first-order chi connectivity index (χ1) is 7.15. The van der Waals surface area contributed by atoms with E-state index in [0.29, 0.717) is 0 Å². The number of nitrogens with zero attached hydrogens (tertiary/aromatic N) is 2. The highest BCUT2D eigenvalue weighted by atomic mass is 15.1. The maximum atomic E-state index is 2.50. The number of hydrogen-bond acceptors (Lipinski definition) is 2. The molecule has 2 aliphatic carbocycles. The van der Waals surface area contributed by atoms with E-state index in [-0.39, 0.29) is 0 Å². The van der Waals surface area contributed by atoms with Gasteiger partial charge in [0.25, 0.3) is 0 Å². The number of rotatable bonds is 5. The van der Waals surface area contributed by atoms with E-state index in [2.05, 4.69) is 43.1 Å². The first-order valence-electron chi connectivity index (χ1n) is 6.16. The molecule has 1 fully saturated rings. The Kier molecular flexibility index (Phi) is 3.47. The zero-order valence-electron chi connectivity index (χ0n) is 10.3. The molecule has 2 bridgehead atoms. The van der Waals surface area contributed by atoms with Crippen LogP contribution < -0.4 is 0 Å². The van der Waals surface area contributed by atoms with E-state index in [1.165, 1.54) is 32.5 Å². The standard InChI is InChI=1S/C13H24N2/c1-14(2)6-7-15(3)10-13-9-11-4-5-12(13)8-11/h4-5,11-13H,6-10H2,1-3H3. The summed E-state index contributed by atoms with van der Waals surface area (Å²) in [4.78, 5) is 4.76. The van der Waals surface area contributed by atoms with E-state index < -0.39 is 0 Å². The molecule has 3 unspecified atom stereocenters. The lowest BCUT2D eigenvalue weighted by molar-refractivity contribution is 0.231. The molecule has 0 aromatic heterocycles. The Morgan fingerprint density at radius 2 is 1.87 bits per heavy atom. The molecule has 0 radical (unpaired) electrons. The van der Waals surface area contributed by atoms with Gasteiger partial charge in [0.15, 0.2) is 0 Å². The molecular weight excluding hydrogens is 184 g/mol. The number of allylic oxidation sites excluding steroid dienone is 2. The predicted octanol–water partition coefficient (Wildman–Crippen LogP) is 1.69. The topological polar surface area (TPSA) is 6.48 Å². The molecule has 0 aromatic rings. The minimum absolute atomic E-state index is 0.900. The second kappa shape index (κ2) is 4.67. The first-order valence-corrected chi connectivity index (χ1v) is 6.16. The van der Waals surface area contributed by atoms with Crippen LogP contribution >= 0.6 is 0 Å². The lowest BCUT2D eigenvalue weighted by Gasteiger charge is -2.26. The van der Waals surface area contributed by atoms with Crippen LogP contribution in [0.1, 0.15) is 12.8 Å². The van der Waals surface area contributed by atoms with Gasteiger partial charge in [0, 0.05) is 19.6 Å². The predicted molar refractivity (Wildman–Crippen MR) is 64.9 cm³/mol. The molecule has 2 rings (SSSR count). The van der Waals surface area contributed by atoms with Crippen molar-refractivity contribution < 1.29 is 0 Å². The van der Waals surface area contributed by atoms with Gasteiger partial charge in [-0.3, -0.25) is 0 Å². The Hall–Kier alpha value is -0.340. The van der Waals surface area contributed by atoms with Crippen LogP contribution in [-0.2, 0) is 0 Å². The van der Waals surface area contributed by atoms with Crippen LogP contribution in [0, 0.1) is 17.8 Å². The van der Waals surface area contributed by atoms with E-state index in [4.69, 9.17) is 0 Å². The van der Waals surface area contributed by atoms with Gasteiger partial charge in [-0.25, -0.2) is 0 Å². The Morgan fingerprint density at radius 1 is 1.07 bits per heavy atom. The number of fused-ring (bicyclic) bond motifs is 2. The van der Waals surface area contributed by atoms with Crippen molar-refractivity contribution in [1.82, 2.24) is 9.80 Å². The van der Waals surface area contributed by atoms with Crippen molar-refractivity contribution in [2.24, 2.45) is 17.8 Å². The summed E-state index contributed by atoms with van der Waals surface area (Å²) >= 11 is 0. The van der Waals surface area contributed by atoms with Gasteiger partial charge in [0.05, 0.1) is 0 Å². The molecule has 2 aliphatic rings. The molecule has 2 heteroatoms. The van der Waals surface area contributed by atoms with Crippen molar-refractivity contribution in [2.75, 3.05) is 40.8 Å². The van der Waals surface area contributed by atoms with Crippen LogP contribution in [0.2, 0.25) is 0 Å². The maximum absolute atomic E-state index is 2.50. The van der Waals surface area contributed by atoms with E-state index in [1.54, 1.807) is 0 Å². The molecule has 1 saturated carbocycles. The van der Waals surface area contributed by atoms with Gasteiger partial charge in [0.2, 0.25) is 0 Å². The molecule has 86 valence electrons. The minimum Gasteiger partial charge on any atom is -0.308 e. The van der Waals surface area contributed by atoms with Crippen molar-refractivity contribution in [3.05, 3.63) is 12.2 Å². The van der Waals surface area contributed by atoms with Crippen molar-refractivity contribution in [2.45, 2.75) is 12.8 Å². The molecule has 0 aliphatic heterocycles. The molecule has 0 amide bonds. The molecule has 15 heavy (non-hydrogen) atoms. The number of likely N-dealkylation sites (N-methyl/N-ethyl adjacent to an activating group) is 2. The molecule has 0 aromatic carbocycles. The second-order valence-corrected chi connectivity index (χ2v) is 5.61. The highest BCUT2D eigenvalue weighted by Crippen LogP contribution is 2.43. The Balaban J connectivity index is 1.71. The third-order valence-electron chi connectivity index (χ3n) is 3.89. The summed E-state index contributed by atoms with van der Waals surface area (Å²) in [5.74, 6) is 2.76. The lowest BCUT2D eigenvalue weighted by Crippen LogP contribution is -2.33. The minimum atomic E-state index is 0.900. The Morgan fingerprint density at radius 3 is 2.40 bits per heavy atom. The summed E-state index contributed by atoms with van der Waals surface area (Å²) in [6.07, 6.45) is 7.76. The van der Waals surface area contributed by atoms with Crippen LogP contribution in [0.3, 0.4) is 0 Å². The van der Waals surface area contributed by atoms with Gasteiger partial charge in [-0.1, -0.05) is 12.2 Å². The van der Waals surface area contributed by atoms with E-state index in [0.717, 1.165) is 17.8 Å². The van der Waals surface area contributed by atoms with E-state index >= 15 is 0 Å². The van der Waals surface area contributed by atoms with Crippen LogP contribution in [0.4, 0.5) is 0 Å². The molecule has 0 heterocycles. The zero-order chi connectivity index (χ0) is 10.8. The second-order valence-electron chi connectivity index (χ2n) is 5.61. The average Bonchev–Trinajstić information content (AvgIpc) is 2.76. The average molecular weight is 208 g/mol. The van der Waals surface area contributed by atoms with Crippen LogP contribution in [0.5, 0.6) is 0 Å². The fraction of sp³-hybridized carbons (Fsp3) is 0.846. The quantitative estimate of drug-likeness (QED) is 0.634. The molecule has 3 atom stereocenters. The third kappa shape index (κ3) is 2.82. The van der Waals surface area contributed by atoms with Crippen LogP contribution in [-0.4, -0.2) is 50.6 Å². The van der Waals surface area contributed by atoms with Gasteiger partial charge in [-0.05, 0) is 51.7 Å². The van der Waals surface area contributed by atoms with Gasteiger partial charge in [-0.15, -0.1) is 0 Å². The van der Waals surface area contributed by atoms with Gasteiger partial charge < -0.3 is 9.80 Å². The van der Waals surface area contributed by atoms with Gasteiger partial charge in [0.1, 0.15) is 0 Å². The van der Waals surface area contributed by atoms with Gasteiger partial charge in [-0.2, -0.15) is 0 Å². The molecule has 0 saturated heterocycles. The highest BCUT2D eigenvalue weighted by molar-refractivity contribution is 5.10. The van der Waals surface area contributed by atoms with Crippen molar-refractivity contribution in [3.63, 3.8) is 0 Å². The number of hydrogen-bond donors (Lipinski definition) is 0. The fourth-order valence-electron chi connectivity index (χ4n) is 2.97. The largest absolute Gasteiger partial charge is 0.308 e. The lowest BCUT2D eigenvalue weighted by atomic mass is 9.93. The van der Waals surface area contributed by atoms with E-state index in [1.807, 2.05) is 0 Å².